The Morgan fingerprint density at radius 2 is 2.00 bits per heavy atom. The second-order valence-corrected chi connectivity index (χ2v) is 4.65. The highest BCUT2D eigenvalue weighted by Gasteiger charge is 2.17. The summed E-state index contributed by atoms with van der Waals surface area (Å²) in [5, 5.41) is 2.77. The van der Waals surface area contributed by atoms with Crippen LogP contribution in [-0.4, -0.2) is 18.1 Å². The Kier molecular flexibility index (Phi) is 4.64. The minimum atomic E-state index is -0.998. The number of halogens is 2. The fourth-order valence-electron chi connectivity index (χ4n) is 1.22. The van der Waals surface area contributed by atoms with Gasteiger partial charge in [0, 0.05) is 11.6 Å². The maximum Gasteiger partial charge on any atom is 0.258 e. The van der Waals surface area contributed by atoms with E-state index in [4.69, 9.17) is 4.74 Å². The average Bonchev–Trinajstić information content (AvgIpc) is 2.30. The van der Waals surface area contributed by atoms with Crippen molar-refractivity contribution in [1.29, 1.82) is 0 Å². The van der Waals surface area contributed by atoms with E-state index < -0.39 is 11.6 Å². The second-order valence-electron chi connectivity index (χ2n) is 4.65. The Morgan fingerprint density at radius 1 is 1.33 bits per heavy atom. The van der Waals surface area contributed by atoms with Crippen LogP contribution in [0.2, 0.25) is 0 Å². The van der Waals surface area contributed by atoms with Crippen LogP contribution in [-0.2, 0) is 4.79 Å². The fraction of sp³-hybridized carbons (Fsp3) is 0.462. The number of hydrogen-bond acceptors (Lipinski definition) is 2. The van der Waals surface area contributed by atoms with Crippen molar-refractivity contribution < 1.29 is 18.3 Å². The molecule has 0 aromatic heterocycles. The van der Waals surface area contributed by atoms with E-state index in [2.05, 4.69) is 5.32 Å². The van der Waals surface area contributed by atoms with Gasteiger partial charge >= 0.3 is 0 Å². The summed E-state index contributed by atoms with van der Waals surface area (Å²) in [6, 6.07) is 3.14. The molecule has 3 nitrogen and oxygen atoms in total. The standard InChI is InChI=1S/C13H17F2NO2/c1-4-13(2,3)16-12(17)8-18-9-5-6-10(14)11(15)7-9/h5-7H,4,8H2,1-3H3,(H,16,17). The number of amides is 1. The van der Waals surface area contributed by atoms with Crippen molar-refractivity contribution in [2.75, 3.05) is 6.61 Å². The molecule has 1 rings (SSSR count). The Hall–Kier alpha value is -1.65. The average molecular weight is 257 g/mol. The Morgan fingerprint density at radius 3 is 2.56 bits per heavy atom. The van der Waals surface area contributed by atoms with Crippen LogP contribution in [0.1, 0.15) is 27.2 Å². The van der Waals surface area contributed by atoms with Crippen molar-refractivity contribution in [2.45, 2.75) is 32.7 Å². The zero-order chi connectivity index (χ0) is 13.8. The number of hydrogen-bond donors (Lipinski definition) is 1. The Labute approximate surface area is 105 Å². The summed E-state index contributed by atoms with van der Waals surface area (Å²) in [4.78, 5) is 11.5. The van der Waals surface area contributed by atoms with E-state index in [-0.39, 0.29) is 23.8 Å². The van der Waals surface area contributed by atoms with Crippen molar-refractivity contribution in [3.8, 4) is 5.75 Å². The van der Waals surface area contributed by atoms with Crippen LogP contribution in [0.25, 0.3) is 0 Å². The molecule has 1 aromatic carbocycles. The van der Waals surface area contributed by atoms with E-state index in [1.807, 2.05) is 20.8 Å². The van der Waals surface area contributed by atoms with Gasteiger partial charge in [0.1, 0.15) is 5.75 Å². The molecule has 100 valence electrons. The summed E-state index contributed by atoms with van der Waals surface area (Å²) in [6.07, 6.45) is 0.782. The maximum atomic E-state index is 12.9. The summed E-state index contributed by atoms with van der Waals surface area (Å²) in [5.41, 5.74) is -0.311. The largest absolute Gasteiger partial charge is 0.484 e. The molecular formula is C13H17F2NO2. The molecule has 1 amide bonds. The summed E-state index contributed by atoms with van der Waals surface area (Å²) in [7, 11) is 0. The smallest absolute Gasteiger partial charge is 0.258 e. The molecule has 0 bridgehead atoms. The van der Waals surface area contributed by atoms with E-state index in [0.717, 1.165) is 18.6 Å². The number of rotatable bonds is 5. The van der Waals surface area contributed by atoms with Crippen LogP contribution in [0.4, 0.5) is 8.78 Å². The molecular weight excluding hydrogens is 240 g/mol. The lowest BCUT2D eigenvalue weighted by atomic mass is 10.0. The molecule has 5 heteroatoms. The van der Waals surface area contributed by atoms with E-state index in [1.54, 1.807) is 0 Å². The zero-order valence-corrected chi connectivity index (χ0v) is 10.7. The quantitative estimate of drug-likeness (QED) is 0.880. The van der Waals surface area contributed by atoms with Crippen LogP contribution >= 0.6 is 0 Å². The predicted molar refractivity (Wildman–Crippen MR) is 64.4 cm³/mol. The fourth-order valence-corrected chi connectivity index (χ4v) is 1.22. The van der Waals surface area contributed by atoms with Crippen molar-refractivity contribution in [2.24, 2.45) is 0 Å². The van der Waals surface area contributed by atoms with E-state index in [0.29, 0.717) is 0 Å². The molecule has 0 aliphatic carbocycles. The lowest BCUT2D eigenvalue weighted by Gasteiger charge is -2.24. The molecule has 0 radical (unpaired) electrons. The normalized spacial score (nSPS) is 11.2. The third-order valence-corrected chi connectivity index (χ3v) is 2.62. The van der Waals surface area contributed by atoms with Crippen LogP contribution in [0.5, 0.6) is 5.75 Å². The van der Waals surface area contributed by atoms with Gasteiger partial charge in [-0.1, -0.05) is 6.92 Å². The molecule has 0 saturated carbocycles. The molecule has 0 aliphatic rings. The molecule has 0 atom stereocenters. The molecule has 0 spiro atoms. The van der Waals surface area contributed by atoms with Gasteiger partial charge in [-0.3, -0.25) is 4.79 Å². The van der Waals surface area contributed by atoms with Gasteiger partial charge in [0.15, 0.2) is 18.2 Å². The van der Waals surface area contributed by atoms with Gasteiger partial charge in [0.05, 0.1) is 0 Å². The van der Waals surface area contributed by atoms with E-state index in [1.165, 1.54) is 6.07 Å². The topological polar surface area (TPSA) is 38.3 Å². The summed E-state index contributed by atoms with van der Waals surface area (Å²) >= 11 is 0. The number of ether oxygens (including phenoxy) is 1. The summed E-state index contributed by atoms with van der Waals surface area (Å²) in [5.74, 6) is -2.12. The van der Waals surface area contributed by atoms with Crippen molar-refractivity contribution in [1.82, 2.24) is 5.32 Å². The summed E-state index contributed by atoms with van der Waals surface area (Å²) < 4.78 is 30.6. The van der Waals surface area contributed by atoms with Gasteiger partial charge in [0.25, 0.3) is 5.91 Å². The Bertz CT molecular complexity index is 433. The molecule has 1 aromatic rings. The monoisotopic (exact) mass is 257 g/mol. The molecule has 0 fully saturated rings. The minimum absolute atomic E-state index is 0.123. The lowest BCUT2D eigenvalue weighted by Crippen LogP contribution is -2.44. The maximum absolute atomic E-state index is 12.9. The number of benzene rings is 1. The van der Waals surface area contributed by atoms with Crippen LogP contribution < -0.4 is 10.1 Å². The molecule has 0 saturated heterocycles. The minimum Gasteiger partial charge on any atom is -0.484 e. The van der Waals surface area contributed by atoms with Gasteiger partial charge in [-0.05, 0) is 32.4 Å². The van der Waals surface area contributed by atoms with Crippen LogP contribution in [0, 0.1) is 11.6 Å². The Balaban J connectivity index is 2.50. The molecule has 0 unspecified atom stereocenters. The first-order chi connectivity index (χ1) is 8.34. The first-order valence-corrected chi connectivity index (χ1v) is 5.73. The van der Waals surface area contributed by atoms with Gasteiger partial charge < -0.3 is 10.1 Å². The lowest BCUT2D eigenvalue weighted by molar-refractivity contribution is -0.124. The highest BCUT2D eigenvalue weighted by Crippen LogP contribution is 2.15. The van der Waals surface area contributed by atoms with Gasteiger partial charge in [-0.2, -0.15) is 0 Å². The van der Waals surface area contributed by atoms with Crippen molar-refractivity contribution in [3.05, 3.63) is 29.8 Å². The third kappa shape index (κ3) is 4.31. The van der Waals surface area contributed by atoms with Crippen molar-refractivity contribution in [3.63, 3.8) is 0 Å². The molecule has 18 heavy (non-hydrogen) atoms. The van der Waals surface area contributed by atoms with Gasteiger partial charge in [-0.15, -0.1) is 0 Å². The van der Waals surface area contributed by atoms with E-state index >= 15 is 0 Å². The van der Waals surface area contributed by atoms with Crippen molar-refractivity contribution >= 4 is 5.91 Å². The number of carbonyl (C=O) groups is 1. The number of nitrogens with one attached hydrogen (secondary N) is 1. The van der Waals surface area contributed by atoms with E-state index in [9.17, 15) is 13.6 Å². The third-order valence-electron chi connectivity index (χ3n) is 2.62. The number of carbonyl (C=O) groups excluding carboxylic acids is 1. The highest BCUT2D eigenvalue weighted by atomic mass is 19.2. The second kappa shape index (κ2) is 5.80. The van der Waals surface area contributed by atoms with Crippen LogP contribution in [0.15, 0.2) is 18.2 Å². The van der Waals surface area contributed by atoms with Gasteiger partial charge in [-0.25, -0.2) is 8.78 Å². The highest BCUT2D eigenvalue weighted by molar-refractivity contribution is 5.78. The van der Waals surface area contributed by atoms with Gasteiger partial charge in [0.2, 0.25) is 0 Å². The predicted octanol–water partition coefficient (Wildman–Crippen LogP) is 2.65. The first kappa shape index (κ1) is 14.4. The van der Waals surface area contributed by atoms with Crippen LogP contribution in [0.3, 0.4) is 0 Å². The molecule has 0 aliphatic heterocycles. The molecule has 0 heterocycles. The molecule has 1 N–H and O–H groups in total. The zero-order valence-electron chi connectivity index (χ0n) is 10.7. The first-order valence-electron chi connectivity index (χ1n) is 5.73. The summed E-state index contributed by atoms with van der Waals surface area (Å²) in [6.45, 7) is 5.51. The SMILES string of the molecule is CCC(C)(C)NC(=O)COc1ccc(F)c(F)c1.